The maximum Gasteiger partial charge on any atom is 0.291 e. The van der Waals surface area contributed by atoms with Crippen LogP contribution in [0.2, 0.25) is 0 Å². The monoisotopic (exact) mass is 473 g/mol. The quantitative estimate of drug-likeness (QED) is 0.552. The van der Waals surface area contributed by atoms with Crippen molar-refractivity contribution in [3.8, 4) is 0 Å². The Labute approximate surface area is 196 Å². The number of rotatable bonds is 5. The Balaban J connectivity index is 0.000000821. The second-order valence-electron chi connectivity index (χ2n) is 9.16. The number of carbonyl (C=O) groups is 2. The molecule has 0 spiro atoms. The maximum absolute atomic E-state index is 13.3. The molecular formula is C23H31N5O4S. The third-order valence-electron chi connectivity index (χ3n) is 6.40. The molecule has 0 radical (unpaired) electrons. The van der Waals surface area contributed by atoms with E-state index in [1.807, 2.05) is 21.9 Å². The third-order valence-corrected chi connectivity index (χ3v) is 7.32. The minimum Gasteiger partial charge on any atom is -0.483 e. The fraction of sp³-hybridized carbons (Fsp3) is 0.565. The number of carboxylic acid groups (broad SMARTS) is 1. The van der Waals surface area contributed by atoms with Gasteiger partial charge in [-0.15, -0.1) is 11.3 Å². The van der Waals surface area contributed by atoms with Crippen LogP contribution in [0, 0.1) is 0 Å². The summed E-state index contributed by atoms with van der Waals surface area (Å²) in [4.78, 5) is 38.2. The Bertz CT molecular complexity index is 1210. The van der Waals surface area contributed by atoms with Gasteiger partial charge in [0.1, 0.15) is 22.2 Å². The van der Waals surface area contributed by atoms with Gasteiger partial charge in [0.15, 0.2) is 0 Å². The lowest BCUT2D eigenvalue weighted by molar-refractivity contribution is -0.125. The number of thiophene rings is 1. The van der Waals surface area contributed by atoms with E-state index in [2.05, 4.69) is 29.2 Å². The minimum absolute atomic E-state index is 0.123. The third kappa shape index (κ3) is 4.67. The van der Waals surface area contributed by atoms with E-state index in [-0.39, 0.29) is 29.9 Å². The SMILES string of the molecule is CC(C)c1nn(C(C)C(=O)N[C@@H]2CCCN(C3CC3)C2)c(=O)c2cc3ccsc3n12.O=CO. The first-order chi connectivity index (χ1) is 15.8. The largest absolute Gasteiger partial charge is 0.483 e. The molecule has 10 heteroatoms. The van der Waals surface area contributed by atoms with Gasteiger partial charge in [0, 0.05) is 29.9 Å². The van der Waals surface area contributed by atoms with Crippen LogP contribution < -0.4 is 10.9 Å². The molecule has 3 aromatic rings. The summed E-state index contributed by atoms with van der Waals surface area (Å²) in [6.07, 6.45) is 4.67. The summed E-state index contributed by atoms with van der Waals surface area (Å²) in [5.74, 6) is 0.803. The summed E-state index contributed by atoms with van der Waals surface area (Å²) in [7, 11) is 0. The molecule has 5 rings (SSSR count). The number of nitrogens with zero attached hydrogens (tertiary/aromatic N) is 4. The zero-order chi connectivity index (χ0) is 23.7. The molecule has 3 aromatic heterocycles. The van der Waals surface area contributed by atoms with E-state index in [4.69, 9.17) is 9.90 Å². The van der Waals surface area contributed by atoms with Crippen LogP contribution in [-0.2, 0) is 9.59 Å². The standard InChI is InChI=1S/C22H29N5O2S.CH2O2/c1-13(2)19-24-27(21(29)18-11-15-8-10-30-22(15)26(18)19)14(3)20(28)23-16-5-4-9-25(12-16)17-6-7-17;2-1-3/h8,10-11,13-14,16-17H,4-7,9,12H2,1-3H3,(H,23,28);1H,(H,2,3)/t14?,16-;/m1./s1. The number of hydrogen-bond acceptors (Lipinski definition) is 6. The Hall–Kier alpha value is -2.72. The normalized spacial score (nSPS) is 19.9. The number of fused-ring (bicyclic) bond motifs is 3. The van der Waals surface area contributed by atoms with Crippen molar-refractivity contribution in [2.45, 2.75) is 70.5 Å². The molecule has 1 amide bonds. The number of likely N-dealkylation sites (tertiary alicyclic amines) is 1. The predicted octanol–water partition coefficient (Wildman–Crippen LogP) is 2.84. The van der Waals surface area contributed by atoms with Gasteiger partial charge in [-0.2, -0.15) is 5.10 Å². The number of amides is 1. The highest BCUT2D eigenvalue weighted by Gasteiger charge is 2.33. The van der Waals surface area contributed by atoms with Crippen LogP contribution in [0.5, 0.6) is 0 Å². The van der Waals surface area contributed by atoms with Gasteiger partial charge in [-0.25, -0.2) is 4.68 Å². The van der Waals surface area contributed by atoms with Crippen LogP contribution >= 0.6 is 11.3 Å². The molecule has 1 saturated carbocycles. The van der Waals surface area contributed by atoms with Crippen LogP contribution in [-0.4, -0.2) is 61.7 Å². The molecule has 178 valence electrons. The average Bonchev–Trinajstić information content (AvgIpc) is 3.43. The van der Waals surface area contributed by atoms with Gasteiger partial charge in [0.05, 0.1) is 0 Å². The molecule has 33 heavy (non-hydrogen) atoms. The highest BCUT2D eigenvalue weighted by Crippen LogP contribution is 2.30. The maximum atomic E-state index is 13.3. The molecule has 9 nitrogen and oxygen atoms in total. The first-order valence-corrected chi connectivity index (χ1v) is 12.4. The van der Waals surface area contributed by atoms with E-state index in [0.717, 1.165) is 42.0 Å². The molecule has 1 aliphatic carbocycles. The fourth-order valence-electron chi connectivity index (χ4n) is 4.59. The van der Waals surface area contributed by atoms with Crippen molar-refractivity contribution in [2.75, 3.05) is 13.1 Å². The van der Waals surface area contributed by atoms with E-state index in [1.165, 1.54) is 17.5 Å². The second-order valence-corrected chi connectivity index (χ2v) is 10.1. The molecule has 2 fully saturated rings. The number of nitrogens with one attached hydrogen (secondary N) is 1. The molecule has 0 bridgehead atoms. The van der Waals surface area contributed by atoms with Gasteiger partial charge in [-0.3, -0.25) is 23.7 Å². The van der Waals surface area contributed by atoms with E-state index in [0.29, 0.717) is 11.6 Å². The van der Waals surface area contributed by atoms with E-state index < -0.39 is 6.04 Å². The lowest BCUT2D eigenvalue weighted by Gasteiger charge is -2.33. The molecular weight excluding hydrogens is 442 g/mol. The number of aromatic nitrogens is 3. The van der Waals surface area contributed by atoms with Crippen molar-refractivity contribution in [1.82, 2.24) is 24.4 Å². The number of piperidine rings is 1. The molecule has 0 aromatic carbocycles. The zero-order valence-electron chi connectivity index (χ0n) is 19.2. The van der Waals surface area contributed by atoms with Crippen LogP contribution in [0.15, 0.2) is 22.3 Å². The van der Waals surface area contributed by atoms with Gasteiger partial charge < -0.3 is 10.4 Å². The summed E-state index contributed by atoms with van der Waals surface area (Å²) in [5, 5.41) is 17.8. The molecule has 2 N–H and O–H groups in total. The Kier molecular flexibility index (Phi) is 6.85. The summed E-state index contributed by atoms with van der Waals surface area (Å²) >= 11 is 1.61. The van der Waals surface area contributed by atoms with Gasteiger partial charge in [-0.05, 0) is 56.7 Å². The first-order valence-electron chi connectivity index (χ1n) is 11.5. The number of carbonyl (C=O) groups excluding carboxylic acids is 1. The van der Waals surface area contributed by atoms with E-state index in [1.54, 1.807) is 18.3 Å². The van der Waals surface area contributed by atoms with Gasteiger partial charge in [0.25, 0.3) is 12.0 Å². The van der Waals surface area contributed by atoms with Crippen molar-refractivity contribution in [3.05, 3.63) is 33.7 Å². The van der Waals surface area contributed by atoms with Gasteiger partial charge in [-0.1, -0.05) is 13.8 Å². The smallest absolute Gasteiger partial charge is 0.291 e. The van der Waals surface area contributed by atoms with Crippen molar-refractivity contribution in [2.24, 2.45) is 0 Å². The first kappa shape index (κ1) is 23.4. The highest BCUT2D eigenvalue weighted by molar-refractivity contribution is 7.16. The Morgan fingerprint density at radius 2 is 2.03 bits per heavy atom. The minimum atomic E-state index is -0.649. The molecule has 1 unspecified atom stereocenters. The summed E-state index contributed by atoms with van der Waals surface area (Å²) in [6, 6.07) is 4.15. The number of hydrogen-bond donors (Lipinski definition) is 2. The van der Waals surface area contributed by atoms with E-state index in [9.17, 15) is 9.59 Å². The van der Waals surface area contributed by atoms with Crippen LogP contribution in [0.1, 0.15) is 64.2 Å². The Morgan fingerprint density at radius 1 is 1.30 bits per heavy atom. The fourth-order valence-corrected chi connectivity index (χ4v) is 5.50. The van der Waals surface area contributed by atoms with Gasteiger partial charge >= 0.3 is 0 Å². The van der Waals surface area contributed by atoms with Crippen molar-refractivity contribution in [1.29, 1.82) is 0 Å². The van der Waals surface area contributed by atoms with Crippen LogP contribution in [0.25, 0.3) is 15.7 Å². The molecule has 4 heterocycles. The lowest BCUT2D eigenvalue weighted by Crippen LogP contribution is -2.50. The van der Waals surface area contributed by atoms with Crippen molar-refractivity contribution >= 4 is 39.4 Å². The molecule has 1 saturated heterocycles. The highest BCUT2D eigenvalue weighted by atomic mass is 32.1. The zero-order valence-corrected chi connectivity index (χ0v) is 20.0. The van der Waals surface area contributed by atoms with Gasteiger partial charge in [0.2, 0.25) is 5.91 Å². The summed E-state index contributed by atoms with van der Waals surface area (Å²) in [5.41, 5.74) is 0.376. The topological polar surface area (TPSA) is 109 Å². The summed E-state index contributed by atoms with van der Waals surface area (Å²) in [6.45, 7) is 7.70. The lowest BCUT2D eigenvalue weighted by atomic mass is 10.1. The van der Waals surface area contributed by atoms with Crippen molar-refractivity contribution < 1.29 is 14.7 Å². The predicted molar refractivity (Wildman–Crippen MR) is 128 cm³/mol. The van der Waals surface area contributed by atoms with E-state index >= 15 is 0 Å². The second kappa shape index (κ2) is 9.64. The molecule has 1 aliphatic heterocycles. The van der Waals surface area contributed by atoms with Crippen LogP contribution in [0.3, 0.4) is 0 Å². The Morgan fingerprint density at radius 3 is 2.70 bits per heavy atom. The summed E-state index contributed by atoms with van der Waals surface area (Å²) < 4.78 is 3.34. The molecule has 2 aliphatic rings. The van der Waals surface area contributed by atoms with Crippen molar-refractivity contribution in [3.63, 3.8) is 0 Å². The van der Waals surface area contributed by atoms with Crippen LogP contribution in [0.4, 0.5) is 0 Å². The molecule has 2 atom stereocenters. The average molecular weight is 474 g/mol.